The van der Waals surface area contributed by atoms with E-state index in [2.05, 4.69) is 10.3 Å². The van der Waals surface area contributed by atoms with Gasteiger partial charge in [-0.3, -0.25) is 4.79 Å². The number of anilines is 2. The Labute approximate surface area is 113 Å². The number of rotatable bonds is 3. The Morgan fingerprint density at radius 3 is 2.42 bits per heavy atom. The Morgan fingerprint density at radius 1 is 1.16 bits per heavy atom. The zero-order chi connectivity index (χ0) is 13.7. The Bertz CT molecular complexity index is 439. The van der Waals surface area contributed by atoms with Gasteiger partial charge < -0.3 is 16.8 Å². The second-order valence-electron chi connectivity index (χ2n) is 5.18. The number of pyridine rings is 1. The summed E-state index contributed by atoms with van der Waals surface area (Å²) in [5.41, 5.74) is 12.0. The van der Waals surface area contributed by atoms with Gasteiger partial charge in [0.05, 0.1) is 5.69 Å². The number of nitrogens with two attached hydrogens (primary N) is 2. The van der Waals surface area contributed by atoms with Crippen LogP contribution in [0, 0.1) is 0 Å². The van der Waals surface area contributed by atoms with Crippen molar-refractivity contribution in [2.45, 2.75) is 51.0 Å². The highest BCUT2D eigenvalue weighted by Crippen LogP contribution is 2.23. The predicted molar refractivity (Wildman–Crippen MR) is 76.9 cm³/mol. The number of carbonyl (C=O) groups excluding carboxylic acids is 1. The third-order valence-corrected chi connectivity index (χ3v) is 3.62. The smallest absolute Gasteiger partial charge is 0.267 e. The van der Waals surface area contributed by atoms with Gasteiger partial charge in [-0.05, 0) is 25.0 Å². The van der Waals surface area contributed by atoms with Gasteiger partial charge in [-0.25, -0.2) is 4.98 Å². The van der Waals surface area contributed by atoms with Crippen molar-refractivity contribution in [3.8, 4) is 0 Å². The van der Waals surface area contributed by atoms with E-state index in [-0.39, 0.29) is 5.69 Å². The number of amides is 1. The minimum Gasteiger partial charge on any atom is -0.396 e. The van der Waals surface area contributed by atoms with Crippen molar-refractivity contribution < 1.29 is 4.79 Å². The first-order valence-electron chi connectivity index (χ1n) is 6.99. The monoisotopic (exact) mass is 262 g/mol. The lowest BCUT2D eigenvalue weighted by Gasteiger charge is -2.22. The normalized spacial score (nSPS) is 17.5. The number of primary amides is 1. The van der Waals surface area contributed by atoms with Crippen LogP contribution >= 0.6 is 0 Å². The summed E-state index contributed by atoms with van der Waals surface area (Å²) < 4.78 is 0. The molecule has 1 aromatic heterocycles. The van der Waals surface area contributed by atoms with Gasteiger partial charge in [-0.15, -0.1) is 0 Å². The maximum absolute atomic E-state index is 11.1. The largest absolute Gasteiger partial charge is 0.396 e. The lowest BCUT2D eigenvalue weighted by Crippen LogP contribution is -2.23. The van der Waals surface area contributed by atoms with E-state index in [4.69, 9.17) is 11.5 Å². The lowest BCUT2D eigenvalue weighted by atomic mass is 9.97. The van der Waals surface area contributed by atoms with Crippen LogP contribution < -0.4 is 16.8 Å². The van der Waals surface area contributed by atoms with Crippen molar-refractivity contribution in [1.82, 2.24) is 4.98 Å². The van der Waals surface area contributed by atoms with Crippen LogP contribution in [0.2, 0.25) is 0 Å². The molecular formula is C14H22N4O. The second kappa shape index (κ2) is 6.41. The van der Waals surface area contributed by atoms with Gasteiger partial charge in [0.25, 0.3) is 5.91 Å². The van der Waals surface area contributed by atoms with E-state index in [1.54, 1.807) is 12.1 Å². The maximum Gasteiger partial charge on any atom is 0.267 e. The number of nitrogen functional groups attached to an aromatic ring is 1. The molecule has 0 radical (unpaired) electrons. The zero-order valence-electron chi connectivity index (χ0n) is 11.2. The Balaban J connectivity index is 2.07. The summed E-state index contributed by atoms with van der Waals surface area (Å²) in [6, 6.07) is 3.62. The van der Waals surface area contributed by atoms with Gasteiger partial charge in [0.1, 0.15) is 11.5 Å². The molecule has 1 fully saturated rings. The highest BCUT2D eigenvalue weighted by molar-refractivity contribution is 5.91. The van der Waals surface area contributed by atoms with Crippen molar-refractivity contribution in [3.63, 3.8) is 0 Å². The summed E-state index contributed by atoms with van der Waals surface area (Å²) >= 11 is 0. The molecule has 0 bridgehead atoms. The zero-order valence-corrected chi connectivity index (χ0v) is 11.2. The van der Waals surface area contributed by atoms with Gasteiger partial charge in [0, 0.05) is 6.04 Å². The molecule has 1 amide bonds. The van der Waals surface area contributed by atoms with Crippen molar-refractivity contribution >= 4 is 17.4 Å². The molecule has 0 unspecified atom stereocenters. The van der Waals surface area contributed by atoms with Gasteiger partial charge >= 0.3 is 0 Å². The van der Waals surface area contributed by atoms with E-state index in [1.165, 1.54) is 32.1 Å². The molecule has 104 valence electrons. The van der Waals surface area contributed by atoms with E-state index < -0.39 is 5.91 Å². The summed E-state index contributed by atoms with van der Waals surface area (Å²) in [6.45, 7) is 0. The van der Waals surface area contributed by atoms with Crippen LogP contribution in [0.25, 0.3) is 0 Å². The van der Waals surface area contributed by atoms with Gasteiger partial charge in [-0.1, -0.05) is 32.1 Å². The van der Waals surface area contributed by atoms with E-state index in [1.807, 2.05) is 0 Å². The molecule has 1 heterocycles. The third-order valence-electron chi connectivity index (χ3n) is 3.62. The van der Waals surface area contributed by atoms with Crippen LogP contribution in [0.15, 0.2) is 12.1 Å². The van der Waals surface area contributed by atoms with Crippen LogP contribution in [-0.2, 0) is 0 Å². The molecule has 2 rings (SSSR count). The Kier molecular flexibility index (Phi) is 4.60. The molecule has 5 heteroatoms. The quantitative estimate of drug-likeness (QED) is 0.779. The number of hydrogen-bond donors (Lipinski definition) is 3. The Hall–Kier alpha value is -1.78. The van der Waals surface area contributed by atoms with Crippen LogP contribution in [0.1, 0.15) is 55.4 Å². The van der Waals surface area contributed by atoms with Gasteiger partial charge in [0.15, 0.2) is 0 Å². The fraction of sp³-hybridized carbons (Fsp3) is 0.571. The molecule has 19 heavy (non-hydrogen) atoms. The van der Waals surface area contributed by atoms with Crippen molar-refractivity contribution in [2.75, 3.05) is 11.1 Å². The van der Waals surface area contributed by atoms with E-state index >= 15 is 0 Å². The first-order valence-corrected chi connectivity index (χ1v) is 6.99. The minimum absolute atomic E-state index is 0.252. The molecule has 1 aromatic rings. The van der Waals surface area contributed by atoms with E-state index in [9.17, 15) is 4.79 Å². The first-order chi connectivity index (χ1) is 9.16. The second-order valence-corrected chi connectivity index (χ2v) is 5.18. The van der Waals surface area contributed by atoms with Gasteiger partial charge in [-0.2, -0.15) is 0 Å². The summed E-state index contributed by atoms with van der Waals surface area (Å²) in [5.74, 6) is 0.0580. The molecule has 5 nitrogen and oxygen atoms in total. The molecule has 0 spiro atoms. The summed E-state index contributed by atoms with van der Waals surface area (Å²) in [4.78, 5) is 15.4. The number of carbonyl (C=O) groups is 1. The fourth-order valence-corrected chi connectivity index (χ4v) is 2.52. The summed E-state index contributed by atoms with van der Waals surface area (Å²) in [5, 5.41) is 3.37. The fourth-order valence-electron chi connectivity index (χ4n) is 2.52. The minimum atomic E-state index is -0.527. The molecule has 0 aliphatic heterocycles. The number of hydrogen-bond acceptors (Lipinski definition) is 4. The highest BCUT2D eigenvalue weighted by atomic mass is 16.1. The van der Waals surface area contributed by atoms with Crippen LogP contribution in [0.4, 0.5) is 11.5 Å². The molecule has 1 aliphatic rings. The standard InChI is InChI=1S/C14H22N4O/c15-11-8-9-12(13(16)19)18-14(11)17-10-6-4-2-1-3-5-7-10/h8-10H,1-7,15H2,(H2,16,19)(H,17,18). The lowest BCUT2D eigenvalue weighted by molar-refractivity contribution is 0.0995. The van der Waals surface area contributed by atoms with Crippen molar-refractivity contribution in [3.05, 3.63) is 17.8 Å². The number of nitrogens with zero attached hydrogens (tertiary/aromatic N) is 1. The number of aromatic nitrogens is 1. The van der Waals surface area contributed by atoms with Crippen LogP contribution in [0.5, 0.6) is 0 Å². The Morgan fingerprint density at radius 2 is 1.79 bits per heavy atom. The van der Waals surface area contributed by atoms with Crippen LogP contribution in [-0.4, -0.2) is 16.9 Å². The first kappa shape index (κ1) is 13.6. The van der Waals surface area contributed by atoms with Gasteiger partial charge in [0.2, 0.25) is 0 Å². The molecule has 0 aromatic carbocycles. The predicted octanol–water partition coefficient (Wildman–Crippen LogP) is 2.29. The molecule has 0 saturated heterocycles. The topological polar surface area (TPSA) is 94.0 Å². The SMILES string of the molecule is NC(=O)c1ccc(N)c(NC2CCCCCCC2)n1. The molecule has 5 N–H and O–H groups in total. The molecule has 1 aliphatic carbocycles. The average molecular weight is 262 g/mol. The molecule has 0 atom stereocenters. The van der Waals surface area contributed by atoms with E-state index in [0.717, 1.165) is 12.8 Å². The van der Waals surface area contributed by atoms with Crippen LogP contribution in [0.3, 0.4) is 0 Å². The summed E-state index contributed by atoms with van der Waals surface area (Å²) in [6.07, 6.45) is 8.64. The summed E-state index contributed by atoms with van der Waals surface area (Å²) in [7, 11) is 0. The number of nitrogens with one attached hydrogen (secondary N) is 1. The molecular weight excluding hydrogens is 240 g/mol. The highest BCUT2D eigenvalue weighted by Gasteiger charge is 2.14. The van der Waals surface area contributed by atoms with Crippen molar-refractivity contribution in [1.29, 1.82) is 0 Å². The maximum atomic E-state index is 11.1. The van der Waals surface area contributed by atoms with Crippen molar-refractivity contribution in [2.24, 2.45) is 5.73 Å². The third kappa shape index (κ3) is 3.84. The molecule has 1 saturated carbocycles. The van der Waals surface area contributed by atoms with E-state index in [0.29, 0.717) is 17.5 Å². The average Bonchev–Trinajstić information content (AvgIpc) is 2.34.